The number of para-hydroxylation sites is 4. The summed E-state index contributed by atoms with van der Waals surface area (Å²) in [5.41, 5.74) is 4.79. The van der Waals surface area contributed by atoms with E-state index in [9.17, 15) is 9.59 Å². The summed E-state index contributed by atoms with van der Waals surface area (Å²) in [6.07, 6.45) is 0. The predicted molar refractivity (Wildman–Crippen MR) is 165 cm³/mol. The highest BCUT2D eigenvalue weighted by atomic mass is 32.1. The standard InChI is InChI=1S/C34H22N2O2S2/c37-31-27-21-29(35(23-13-5-1-6-14-23)24-15-7-2-8-16-24)39-33(27)32(38)28-22-30(40-34(28)31)36(25-17-9-3-10-18-25)26-19-11-4-12-20-26/h1-22H. The van der Waals surface area contributed by atoms with Gasteiger partial charge in [0.15, 0.2) is 0 Å². The molecule has 0 spiro atoms. The number of fused-ring (bicyclic) bond motifs is 2. The van der Waals surface area contributed by atoms with E-state index in [0.29, 0.717) is 20.9 Å². The molecule has 0 radical (unpaired) electrons. The molecule has 0 saturated carbocycles. The first kappa shape index (κ1) is 24.3. The van der Waals surface area contributed by atoms with Crippen molar-refractivity contribution in [3.8, 4) is 0 Å². The summed E-state index contributed by atoms with van der Waals surface area (Å²) in [5.74, 6) is -0.212. The zero-order valence-electron chi connectivity index (χ0n) is 21.2. The smallest absolute Gasteiger partial charge is 0.205 e. The van der Waals surface area contributed by atoms with Gasteiger partial charge in [-0.2, -0.15) is 0 Å². The number of benzene rings is 4. The van der Waals surface area contributed by atoms with Gasteiger partial charge in [0.05, 0.1) is 9.75 Å². The van der Waals surface area contributed by atoms with Gasteiger partial charge in [-0.3, -0.25) is 9.59 Å². The first-order chi connectivity index (χ1) is 19.7. The summed E-state index contributed by atoms with van der Waals surface area (Å²) in [6, 6.07) is 43.7. The average Bonchev–Trinajstić information content (AvgIpc) is 3.65. The van der Waals surface area contributed by atoms with E-state index in [1.165, 1.54) is 22.7 Å². The van der Waals surface area contributed by atoms with E-state index in [1.54, 1.807) is 0 Å². The van der Waals surface area contributed by atoms with Gasteiger partial charge in [0.2, 0.25) is 11.6 Å². The number of rotatable bonds is 6. The number of ketones is 2. The summed E-state index contributed by atoms with van der Waals surface area (Å²) < 4.78 is 0. The molecule has 0 bridgehead atoms. The van der Waals surface area contributed by atoms with Crippen LogP contribution in [0.5, 0.6) is 0 Å². The minimum atomic E-state index is -0.106. The van der Waals surface area contributed by atoms with Crippen LogP contribution in [0, 0.1) is 0 Å². The van der Waals surface area contributed by atoms with E-state index in [2.05, 4.69) is 9.80 Å². The molecule has 1 aliphatic rings. The highest BCUT2D eigenvalue weighted by Gasteiger charge is 2.36. The van der Waals surface area contributed by atoms with Crippen molar-refractivity contribution in [1.82, 2.24) is 0 Å². The lowest BCUT2D eigenvalue weighted by Crippen LogP contribution is -2.15. The Kier molecular flexibility index (Phi) is 6.11. The molecule has 2 aromatic heterocycles. The first-order valence-electron chi connectivity index (χ1n) is 12.9. The van der Waals surface area contributed by atoms with E-state index in [-0.39, 0.29) is 11.6 Å². The van der Waals surface area contributed by atoms with Crippen LogP contribution in [0.1, 0.15) is 30.5 Å². The van der Waals surface area contributed by atoms with Crippen LogP contribution in [-0.4, -0.2) is 11.6 Å². The Bertz CT molecular complexity index is 1570. The maximum absolute atomic E-state index is 13.9. The third kappa shape index (κ3) is 4.14. The Balaban J connectivity index is 1.32. The Labute approximate surface area is 240 Å². The van der Waals surface area contributed by atoms with Gasteiger partial charge in [-0.15, -0.1) is 22.7 Å². The predicted octanol–water partition coefficient (Wildman–Crippen LogP) is 9.52. The summed E-state index contributed by atoms with van der Waals surface area (Å²) in [6.45, 7) is 0. The Morgan fingerprint density at radius 1 is 0.400 bits per heavy atom. The Morgan fingerprint density at radius 2 is 0.675 bits per heavy atom. The van der Waals surface area contributed by atoms with Crippen LogP contribution in [0.2, 0.25) is 0 Å². The van der Waals surface area contributed by atoms with Crippen molar-refractivity contribution in [2.75, 3.05) is 9.80 Å². The fraction of sp³-hybridized carbons (Fsp3) is 0. The highest BCUT2D eigenvalue weighted by Crippen LogP contribution is 2.47. The molecule has 4 aromatic carbocycles. The number of carbonyl (C=O) groups excluding carboxylic acids is 2. The lowest BCUT2D eigenvalue weighted by atomic mass is 9.96. The van der Waals surface area contributed by atoms with Crippen LogP contribution in [0.15, 0.2) is 133 Å². The van der Waals surface area contributed by atoms with Crippen LogP contribution in [-0.2, 0) is 0 Å². The Hall–Kier alpha value is -4.78. The quantitative estimate of drug-likeness (QED) is 0.205. The highest BCUT2D eigenvalue weighted by molar-refractivity contribution is 7.21. The first-order valence-corrected chi connectivity index (χ1v) is 14.5. The van der Waals surface area contributed by atoms with Crippen molar-refractivity contribution in [2.45, 2.75) is 0 Å². The molecule has 1 aliphatic carbocycles. The van der Waals surface area contributed by atoms with E-state index in [0.717, 1.165) is 32.8 Å². The van der Waals surface area contributed by atoms with Gasteiger partial charge < -0.3 is 9.80 Å². The second-order valence-electron chi connectivity index (χ2n) is 9.33. The Morgan fingerprint density at radius 3 is 0.950 bits per heavy atom. The van der Waals surface area contributed by atoms with Gasteiger partial charge in [0.25, 0.3) is 0 Å². The molecule has 0 amide bonds. The molecule has 7 rings (SSSR count). The van der Waals surface area contributed by atoms with Gasteiger partial charge >= 0.3 is 0 Å². The third-order valence-electron chi connectivity index (χ3n) is 6.84. The molecule has 0 fully saturated rings. The maximum atomic E-state index is 13.9. The van der Waals surface area contributed by atoms with E-state index < -0.39 is 0 Å². The van der Waals surface area contributed by atoms with E-state index >= 15 is 0 Å². The largest absolute Gasteiger partial charge is 0.302 e. The van der Waals surface area contributed by atoms with Crippen molar-refractivity contribution >= 4 is 67.0 Å². The maximum Gasteiger partial charge on any atom is 0.205 e. The van der Waals surface area contributed by atoms with Crippen LogP contribution in [0.25, 0.3) is 0 Å². The van der Waals surface area contributed by atoms with Gasteiger partial charge in [-0.05, 0) is 60.7 Å². The van der Waals surface area contributed by atoms with Crippen LogP contribution >= 0.6 is 22.7 Å². The molecule has 2 heterocycles. The summed E-state index contributed by atoms with van der Waals surface area (Å²) in [5, 5.41) is 1.66. The van der Waals surface area contributed by atoms with Gasteiger partial charge in [-0.1, -0.05) is 72.8 Å². The average molecular weight is 555 g/mol. The minimum Gasteiger partial charge on any atom is -0.302 e. The molecular formula is C34H22N2O2S2. The molecule has 192 valence electrons. The van der Waals surface area contributed by atoms with Crippen molar-refractivity contribution in [2.24, 2.45) is 0 Å². The van der Waals surface area contributed by atoms with Gasteiger partial charge in [0, 0.05) is 33.9 Å². The fourth-order valence-electron chi connectivity index (χ4n) is 5.01. The van der Waals surface area contributed by atoms with Crippen molar-refractivity contribution in [1.29, 1.82) is 0 Å². The van der Waals surface area contributed by atoms with Crippen molar-refractivity contribution in [3.63, 3.8) is 0 Å². The molecule has 0 N–H and O–H groups in total. The molecular weight excluding hydrogens is 533 g/mol. The molecule has 0 unspecified atom stereocenters. The summed E-state index contributed by atoms with van der Waals surface area (Å²) in [4.78, 5) is 33.0. The molecule has 0 atom stereocenters. The number of anilines is 6. The molecule has 6 heteroatoms. The number of nitrogens with zero attached hydrogens (tertiary/aromatic N) is 2. The van der Waals surface area contributed by atoms with Crippen molar-refractivity contribution < 1.29 is 9.59 Å². The van der Waals surface area contributed by atoms with E-state index in [4.69, 9.17) is 0 Å². The number of hydrogen-bond acceptors (Lipinski definition) is 6. The van der Waals surface area contributed by atoms with Crippen LogP contribution < -0.4 is 9.80 Å². The number of carbonyl (C=O) groups is 2. The number of hydrogen-bond donors (Lipinski definition) is 0. The molecule has 0 aliphatic heterocycles. The monoisotopic (exact) mass is 554 g/mol. The number of thiophene rings is 2. The molecule has 0 saturated heterocycles. The van der Waals surface area contributed by atoms with Crippen LogP contribution in [0.3, 0.4) is 0 Å². The second kappa shape index (κ2) is 10.1. The van der Waals surface area contributed by atoms with Crippen LogP contribution in [0.4, 0.5) is 32.8 Å². The normalized spacial score (nSPS) is 12.1. The van der Waals surface area contributed by atoms with E-state index in [1.807, 2.05) is 133 Å². The zero-order chi connectivity index (χ0) is 27.1. The summed E-state index contributed by atoms with van der Waals surface area (Å²) in [7, 11) is 0. The minimum absolute atomic E-state index is 0.106. The molecule has 40 heavy (non-hydrogen) atoms. The van der Waals surface area contributed by atoms with Gasteiger partial charge in [-0.25, -0.2) is 0 Å². The fourth-order valence-corrected chi connectivity index (χ4v) is 7.32. The van der Waals surface area contributed by atoms with Crippen molar-refractivity contribution in [3.05, 3.63) is 154 Å². The SMILES string of the molecule is O=C1c2cc(N(c3ccccc3)c3ccccc3)sc2C(=O)c2cc(N(c3ccccc3)c3ccccc3)sc21. The lowest BCUT2D eigenvalue weighted by molar-refractivity contribution is 0.0986. The lowest BCUT2D eigenvalue weighted by Gasteiger charge is -2.23. The summed E-state index contributed by atoms with van der Waals surface area (Å²) >= 11 is 2.73. The third-order valence-corrected chi connectivity index (χ3v) is 9.08. The molecule has 6 aromatic rings. The second-order valence-corrected chi connectivity index (χ2v) is 11.4. The molecule has 4 nitrogen and oxygen atoms in total. The topological polar surface area (TPSA) is 40.6 Å². The van der Waals surface area contributed by atoms with Gasteiger partial charge in [0.1, 0.15) is 10.0 Å². The zero-order valence-corrected chi connectivity index (χ0v) is 22.9.